The number of benzene rings is 2. The van der Waals surface area contributed by atoms with Gasteiger partial charge in [-0.2, -0.15) is 0 Å². The highest BCUT2D eigenvalue weighted by Crippen LogP contribution is 2.59. The van der Waals surface area contributed by atoms with E-state index in [0.717, 1.165) is 58.6 Å². The number of H-pyrrole nitrogens is 1. The Bertz CT molecular complexity index is 1510. The van der Waals surface area contributed by atoms with Crippen molar-refractivity contribution in [3.63, 3.8) is 0 Å². The first kappa shape index (κ1) is 22.3. The molecular weight excluding hydrogens is 460 g/mol. The van der Waals surface area contributed by atoms with Crippen LogP contribution in [0.4, 0.5) is 14.6 Å². The molecule has 2 aliphatic carbocycles. The minimum atomic E-state index is -0.948. The first-order chi connectivity index (χ1) is 17.3. The summed E-state index contributed by atoms with van der Waals surface area (Å²) in [6.07, 6.45) is 3.81. The number of aromatic nitrogens is 2. The largest absolute Gasteiger partial charge is 0.358 e. The van der Waals surface area contributed by atoms with Crippen molar-refractivity contribution in [3.8, 4) is 11.3 Å². The Morgan fingerprint density at radius 2 is 1.86 bits per heavy atom. The van der Waals surface area contributed by atoms with Gasteiger partial charge in [0.2, 0.25) is 0 Å². The summed E-state index contributed by atoms with van der Waals surface area (Å²) in [5.74, 6) is -2.42. The lowest BCUT2D eigenvalue weighted by Gasteiger charge is -2.17. The van der Waals surface area contributed by atoms with Gasteiger partial charge in [-0.05, 0) is 53.6 Å². The van der Waals surface area contributed by atoms with Crippen LogP contribution in [0.2, 0.25) is 0 Å². The number of amides is 1. The van der Waals surface area contributed by atoms with E-state index in [-0.39, 0.29) is 22.9 Å². The van der Waals surface area contributed by atoms with Crippen molar-refractivity contribution in [2.45, 2.75) is 26.2 Å². The summed E-state index contributed by atoms with van der Waals surface area (Å²) in [7, 11) is 0. The average Bonchev–Trinajstić information content (AvgIpc) is 3.42. The van der Waals surface area contributed by atoms with Gasteiger partial charge >= 0.3 is 0 Å². The number of fused-ring (bicyclic) bond motifs is 2. The molecule has 4 aromatic rings. The highest BCUT2D eigenvalue weighted by atomic mass is 19.1. The molecule has 2 aromatic carbocycles. The van der Waals surface area contributed by atoms with Crippen molar-refractivity contribution in [1.82, 2.24) is 9.97 Å². The topological polar surface area (TPSA) is 74.8 Å². The van der Waals surface area contributed by atoms with Crippen molar-refractivity contribution < 1.29 is 18.4 Å². The molecule has 2 aromatic heterocycles. The van der Waals surface area contributed by atoms with E-state index in [1.807, 2.05) is 30.3 Å². The summed E-state index contributed by atoms with van der Waals surface area (Å²) >= 11 is 0. The molecule has 5 nitrogen and oxygen atoms in total. The summed E-state index contributed by atoms with van der Waals surface area (Å²) in [6, 6.07) is 16.6. The van der Waals surface area contributed by atoms with Gasteiger partial charge in [0.1, 0.15) is 23.0 Å². The van der Waals surface area contributed by atoms with Gasteiger partial charge in [0.25, 0.3) is 5.91 Å². The molecule has 0 radical (unpaired) electrons. The number of hydrogen-bond donors (Lipinski definition) is 2. The van der Waals surface area contributed by atoms with E-state index < -0.39 is 23.1 Å². The lowest BCUT2D eigenvalue weighted by atomic mass is 9.84. The fourth-order valence-corrected chi connectivity index (χ4v) is 5.39. The highest BCUT2D eigenvalue weighted by Gasteiger charge is 2.58. The Morgan fingerprint density at radius 3 is 2.61 bits per heavy atom. The summed E-state index contributed by atoms with van der Waals surface area (Å²) in [4.78, 5) is 33.7. The quantitative estimate of drug-likeness (QED) is 0.368. The molecule has 2 aliphatic rings. The number of carbonyl (C=O) groups excluding carboxylic acids is 2. The Kier molecular flexibility index (Phi) is 5.10. The molecule has 1 amide bonds. The van der Waals surface area contributed by atoms with E-state index >= 15 is 0 Å². The molecule has 7 heteroatoms. The number of hydrogen-bond acceptors (Lipinski definition) is 3. The highest BCUT2D eigenvalue weighted by molar-refractivity contribution is 6.06. The van der Waals surface area contributed by atoms with E-state index in [2.05, 4.69) is 22.2 Å². The number of Topliss-reactive ketones (excluding diaryl/α,β-unsaturated/α-hetero) is 1. The van der Waals surface area contributed by atoms with Crippen LogP contribution in [0.1, 0.15) is 50.9 Å². The van der Waals surface area contributed by atoms with Gasteiger partial charge in [-0.1, -0.05) is 43.3 Å². The summed E-state index contributed by atoms with van der Waals surface area (Å²) in [5.41, 5.74) is 4.56. The number of carbonyl (C=O) groups is 2. The Balaban J connectivity index is 1.39. The zero-order valence-electron chi connectivity index (χ0n) is 19.6. The lowest BCUT2D eigenvalue weighted by Crippen LogP contribution is -2.20. The minimum Gasteiger partial charge on any atom is -0.358 e. The molecule has 180 valence electrons. The van der Waals surface area contributed by atoms with Crippen molar-refractivity contribution in [1.29, 1.82) is 0 Å². The van der Waals surface area contributed by atoms with Gasteiger partial charge in [0.15, 0.2) is 5.78 Å². The van der Waals surface area contributed by atoms with Crippen LogP contribution in [0.15, 0.2) is 66.9 Å². The van der Waals surface area contributed by atoms with Gasteiger partial charge in [-0.25, -0.2) is 13.8 Å². The predicted octanol–water partition coefficient (Wildman–Crippen LogP) is 5.96. The number of aromatic amines is 1. The molecule has 1 fully saturated rings. The Labute approximate surface area is 206 Å². The molecule has 2 heterocycles. The number of ketones is 1. The Hall–Kier alpha value is -4.13. The lowest BCUT2D eigenvalue weighted by molar-refractivity contribution is 0.0938. The van der Waals surface area contributed by atoms with Crippen LogP contribution in [-0.2, 0) is 12.8 Å². The number of pyridine rings is 1. The molecule has 2 atom stereocenters. The van der Waals surface area contributed by atoms with Crippen LogP contribution in [0.5, 0.6) is 0 Å². The van der Waals surface area contributed by atoms with Crippen molar-refractivity contribution in [2.24, 2.45) is 11.3 Å². The molecule has 0 aliphatic heterocycles. The Morgan fingerprint density at radius 1 is 1.11 bits per heavy atom. The number of rotatable bonds is 5. The summed E-state index contributed by atoms with van der Waals surface area (Å²) in [6.45, 7) is 2.15. The van der Waals surface area contributed by atoms with Crippen LogP contribution in [-0.4, -0.2) is 21.7 Å². The van der Waals surface area contributed by atoms with E-state index in [1.54, 1.807) is 12.1 Å². The van der Waals surface area contributed by atoms with Crippen LogP contribution >= 0.6 is 0 Å². The molecule has 0 saturated heterocycles. The second-order valence-corrected chi connectivity index (χ2v) is 9.93. The number of nitrogens with one attached hydrogen (secondary N) is 2. The van der Waals surface area contributed by atoms with E-state index in [9.17, 15) is 18.4 Å². The molecule has 0 bridgehead atoms. The second-order valence-electron chi connectivity index (χ2n) is 9.93. The number of nitrogens with zero attached hydrogens (tertiary/aromatic N) is 1. The molecule has 2 N–H and O–H groups in total. The first-order valence-corrected chi connectivity index (χ1v) is 11.9. The van der Waals surface area contributed by atoms with Gasteiger partial charge in [0.05, 0.1) is 5.69 Å². The summed E-state index contributed by atoms with van der Waals surface area (Å²) in [5, 5.41) is 2.50. The van der Waals surface area contributed by atoms with E-state index in [1.165, 1.54) is 12.3 Å². The van der Waals surface area contributed by atoms with Crippen molar-refractivity contribution >= 4 is 17.5 Å². The van der Waals surface area contributed by atoms with Crippen LogP contribution in [0, 0.1) is 23.0 Å². The monoisotopic (exact) mass is 483 g/mol. The van der Waals surface area contributed by atoms with Gasteiger partial charge < -0.3 is 10.3 Å². The second kappa shape index (κ2) is 8.22. The van der Waals surface area contributed by atoms with Crippen molar-refractivity contribution in [3.05, 3.63) is 106 Å². The molecule has 1 saturated carbocycles. The van der Waals surface area contributed by atoms with Crippen LogP contribution in [0.25, 0.3) is 11.3 Å². The van der Waals surface area contributed by atoms with Gasteiger partial charge in [-0.3, -0.25) is 9.59 Å². The molecule has 6 rings (SSSR count). The number of halogens is 2. The maximum atomic E-state index is 14.1. The predicted molar refractivity (Wildman–Crippen MR) is 132 cm³/mol. The smallest absolute Gasteiger partial charge is 0.262 e. The third-order valence-corrected chi connectivity index (χ3v) is 7.38. The average molecular weight is 484 g/mol. The normalized spacial score (nSPS) is 20.0. The third kappa shape index (κ3) is 3.71. The van der Waals surface area contributed by atoms with E-state index in [0.29, 0.717) is 6.42 Å². The fourth-order valence-electron chi connectivity index (χ4n) is 5.39. The maximum absolute atomic E-state index is 14.1. The molecule has 0 spiro atoms. The standard InChI is InChI=1S/C29H23F2N3O2/c1-29-14-19(29)27(35)24-18(12-16-6-3-2-4-7-16)26(33-22(24)15-29)17-10-11-32-23(13-17)34-28(36)25-20(30)8-5-9-21(25)31/h2-11,13,19,33H,12,14-15H2,1H3,(H,32,34,36)/t19-,29+/m0/s1. The molecular formula is C29H23F2N3O2. The third-order valence-electron chi connectivity index (χ3n) is 7.38. The zero-order valence-corrected chi connectivity index (χ0v) is 19.6. The SMILES string of the molecule is C[C@@]12Cc3[nH]c(-c4ccnc(NC(=O)c5c(F)cccc5F)c4)c(Cc4ccccc4)c3C(=O)[C@@H]1C2. The van der Waals surface area contributed by atoms with E-state index in [4.69, 9.17) is 0 Å². The fraction of sp³-hybridized carbons (Fsp3) is 0.207. The summed E-state index contributed by atoms with van der Waals surface area (Å²) < 4.78 is 28.2. The van der Waals surface area contributed by atoms with Gasteiger partial charge in [0, 0.05) is 35.4 Å². The molecule has 0 unspecified atom stereocenters. The first-order valence-electron chi connectivity index (χ1n) is 11.9. The van der Waals surface area contributed by atoms with Crippen molar-refractivity contribution in [2.75, 3.05) is 5.32 Å². The van der Waals surface area contributed by atoms with Crippen LogP contribution < -0.4 is 5.32 Å². The minimum absolute atomic E-state index is 0.0113. The number of anilines is 1. The van der Waals surface area contributed by atoms with Gasteiger partial charge in [-0.15, -0.1) is 0 Å². The maximum Gasteiger partial charge on any atom is 0.262 e. The van der Waals surface area contributed by atoms with Crippen LogP contribution in [0.3, 0.4) is 0 Å². The zero-order chi connectivity index (χ0) is 25.0. The molecule has 36 heavy (non-hydrogen) atoms.